The minimum Gasteiger partial charge on any atom is -0.494 e. The van der Waals surface area contributed by atoms with Crippen LogP contribution in [0.25, 0.3) is 0 Å². The third-order valence-electron chi connectivity index (χ3n) is 5.19. The molecule has 0 bridgehead atoms. The van der Waals surface area contributed by atoms with E-state index in [2.05, 4.69) is 6.92 Å². The maximum absolute atomic E-state index is 13.4. The van der Waals surface area contributed by atoms with Crippen LogP contribution in [0, 0.1) is 13.8 Å². The molecule has 0 heterocycles. The van der Waals surface area contributed by atoms with Gasteiger partial charge in [-0.15, -0.1) is 0 Å². The number of sulfonamides is 1. The van der Waals surface area contributed by atoms with Crippen molar-refractivity contribution in [2.24, 2.45) is 0 Å². The van der Waals surface area contributed by atoms with Crippen LogP contribution >= 0.6 is 0 Å². The highest BCUT2D eigenvalue weighted by Crippen LogP contribution is 2.26. The molecule has 3 rings (SSSR count). The van der Waals surface area contributed by atoms with E-state index in [0.29, 0.717) is 18.7 Å². The van der Waals surface area contributed by atoms with Gasteiger partial charge in [0.1, 0.15) is 5.75 Å². The fourth-order valence-electron chi connectivity index (χ4n) is 3.25. The summed E-state index contributed by atoms with van der Waals surface area (Å²) >= 11 is 0. The highest BCUT2D eigenvalue weighted by atomic mass is 32.2. The second-order valence-corrected chi connectivity index (χ2v) is 9.55. The van der Waals surface area contributed by atoms with Crippen molar-refractivity contribution >= 4 is 21.6 Å². The number of carbonyl (C=O) groups excluding carboxylic acids is 1. The van der Waals surface area contributed by atoms with Gasteiger partial charge in [-0.25, -0.2) is 12.7 Å². The first kappa shape index (κ1) is 23.5. The van der Waals surface area contributed by atoms with Crippen molar-refractivity contribution in [1.29, 1.82) is 0 Å². The lowest BCUT2D eigenvalue weighted by molar-refractivity contribution is -0.117. The Morgan fingerprint density at radius 2 is 1.41 bits per heavy atom. The molecule has 3 aromatic carbocycles. The second-order valence-electron chi connectivity index (χ2n) is 7.76. The Hall–Kier alpha value is -3.12. The molecule has 0 atom stereocenters. The molecule has 32 heavy (non-hydrogen) atoms. The average molecular weight is 452 g/mol. The summed E-state index contributed by atoms with van der Waals surface area (Å²) in [7, 11) is -4.04. The lowest BCUT2D eigenvalue weighted by Crippen LogP contribution is -2.37. The van der Waals surface area contributed by atoms with Gasteiger partial charge < -0.3 is 4.74 Å². The zero-order chi connectivity index (χ0) is 23.1. The molecule has 0 aromatic heterocycles. The summed E-state index contributed by atoms with van der Waals surface area (Å²) < 4.78 is 33.3. The van der Waals surface area contributed by atoms with Crippen molar-refractivity contribution in [2.45, 2.75) is 44.9 Å². The predicted molar refractivity (Wildman–Crippen MR) is 128 cm³/mol. The normalized spacial score (nSPS) is 11.2. The van der Waals surface area contributed by atoms with Crippen LogP contribution in [0.1, 0.15) is 36.5 Å². The molecule has 0 aliphatic carbocycles. The molecule has 5 nitrogen and oxygen atoms in total. The van der Waals surface area contributed by atoms with E-state index < -0.39 is 15.9 Å². The Kier molecular flexibility index (Phi) is 7.70. The van der Waals surface area contributed by atoms with Crippen molar-refractivity contribution in [3.63, 3.8) is 0 Å². The molecule has 6 heteroatoms. The van der Waals surface area contributed by atoms with E-state index in [4.69, 9.17) is 4.74 Å². The van der Waals surface area contributed by atoms with Crippen LogP contribution in [0.4, 0.5) is 5.69 Å². The molecule has 3 aromatic rings. The SMILES string of the molecule is CCc1ccc(OCCCC(=O)N(c2ccc(C)cc2)S(=O)(=O)c2ccc(C)cc2)cc1. The van der Waals surface area contributed by atoms with Crippen LogP contribution in [-0.2, 0) is 21.2 Å². The fourth-order valence-corrected chi connectivity index (χ4v) is 4.70. The number of hydrogen-bond donors (Lipinski definition) is 0. The van der Waals surface area contributed by atoms with Crippen LogP contribution in [0.3, 0.4) is 0 Å². The number of rotatable bonds is 9. The van der Waals surface area contributed by atoms with E-state index in [1.54, 1.807) is 36.4 Å². The monoisotopic (exact) mass is 451 g/mol. The third-order valence-corrected chi connectivity index (χ3v) is 6.95. The minimum absolute atomic E-state index is 0.0476. The first-order valence-electron chi connectivity index (χ1n) is 10.7. The van der Waals surface area contributed by atoms with Gasteiger partial charge in [0.25, 0.3) is 10.0 Å². The molecule has 0 spiro atoms. The molecule has 0 N–H and O–H groups in total. The molecule has 0 aliphatic rings. The van der Waals surface area contributed by atoms with E-state index >= 15 is 0 Å². The second kappa shape index (κ2) is 10.5. The molecule has 0 aliphatic heterocycles. The van der Waals surface area contributed by atoms with E-state index in [-0.39, 0.29) is 11.3 Å². The molecule has 0 unspecified atom stereocenters. The number of hydrogen-bond acceptors (Lipinski definition) is 4. The summed E-state index contributed by atoms with van der Waals surface area (Å²) in [6, 6.07) is 21.2. The van der Waals surface area contributed by atoms with Gasteiger partial charge in [-0.2, -0.15) is 0 Å². The minimum atomic E-state index is -4.04. The Morgan fingerprint density at radius 3 is 1.97 bits per heavy atom. The number of benzene rings is 3. The Bertz CT molecular complexity index is 1140. The van der Waals surface area contributed by atoms with Crippen molar-refractivity contribution in [2.75, 3.05) is 10.9 Å². The van der Waals surface area contributed by atoms with Gasteiger partial charge in [0.15, 0.2) is 0 Å². The number of carbonyl (C=O) groups is 1. The Labute approximate surface area is 190 Å². The molecule has 0 fully saturated rings. The van der Waals surface area contributed by atoms with Crippen LogP contribution in [-0.4, -0.2) is 20.9 Å². The van der Waals surface area contributed by atoms with E-state index in [0.717, 1.165) is 27.6 Å². The summed E-state index contributed by atoms with van der Waals surface area (Å²) in [5, 5.41) is 0. The lowest BCUT2D eigenvalue weighted by Gasteiger charge is -2.23. The van der Waals surface area contributed by atoms with Crippen LogP contribution in [0.5, 0.6) is 5.75 Å². The number of aryl methyl sites for hydroxylation is 3. The van der Waals surface area contributed by atoms with Gasteiger partial charge in [-0.3, -0.25) is 4.79 Å². The maximum atomic E-state index is 13.4. The lowest BCUT2D eigenvalue weighted by atomic mass is 10.2. The molecule has 0 saturated heterocycles. The number of anilines is 1. The number of nitrogens with zero attached hydrogens (tertiary/aromatic N) is 1. The van der Waals surface area contributed by atoms with E-state index in [1.807, 2.05) is 38.1 Å². The number of ether oxygens (including phenoxy) is 1. The highest BCUT2D eigenvalue weighted by Gasteiger charge is 2.30. The molecular weight excluding hydrogens is 422 g/mol. The molecule has 0 saturated carbocycles. The maximum Gasteiger partial charge on any atom is 0.270 e. The zero-order valence-electron chi connectivity index (χ0n) is 18.7. The van der Waals surface area contributed by atoms with Crippen LogP contribution in [0.15, 0.2) is 77.7 Å². The van der Waals surface area contributed by atoms with Gasteiger partial charge in [0.2, 0.25) is 5.91 Å². The summed E-state index contributed by atoms with van der Waals surface area (Å²) in [6.07, 6.45) is 1.41. The Morgan fingerprint density at radius 1 is 0.844 bits per heavy atom. The topological polar surface area (TPSA) is 63.7 Å². The van der Waals surface area contributed by atoms with Crippen molar-refractivity contribution in [3.8, 4) is 5.75 Å². The summed E-state index contributed by atoms with van der Waals surface area (Å²) in [6.45, 7) is 6.21. The zero-order valence-corrected chi connectivity index (χ0v) is 19.6. The fraction of sp³-hybridized carbons (Fsp3) is 0.269. The quantitative estimate of drug-likeness (QED) is 0.406. The molecular formula is C26H29NO4S. The molecule has 1 amide bonds. The predicted octanol–water partition coefficient (Wildman–Crippen LogP) is 5.45. The largest absolute Gasteiger partial charge is 0.494 e. The van der Waals surface area contributed by atoms with Crippen molar-refractivity contribution in [1.82, 2.24) is 0 Å². The standard InChI is InChI=1S/C26H29NO4S/c1-4-22-11-15-24(16-12-22)31-19-5-6-26(28)27(23-13-7-20(2)8-14-23)32(29,30)25-17-9-21(3)10-18-25/h7-18H,4-6,19H2,1-3H3. The highest BCUT2D eigenvalue weighted by molar-refractivity contribution is 7.93. The van der Waals surface area contributed by atoms with Gasteiger partial charge in [-0.05, 0) is 68.7 Å². The van der Waals surface area contributed by atoms with Crippen LogP contribution in [0.2, 0.25) is 0 Å². The van der Waals surface area contributed by atoms with Crippen molar-refractivity contribution in [3.05, 3.63) is 89.5 Å². The van der Waals surface area contributed by atoms with E-state index in [1.165, 1.54) is 17.7 Å². The summed E-state index contributed by atoms with van der Waals surface area (Å²) in [5.41, 5.74) is 3.48. The van der Waals surface area contributed by atoms with Gasteiger partial charge in [0, 0.05) is 6.42 Å². The van der Waals surface area contributed by atoms with Gasteiger partial charge in [0.05, 0.1) is 17.2 Å². The summed E-state index contributed by atoms with van der Waals surface area (Å²) in [5.74, 6) is 0.247. The van der Waals surface area contributed by atoms with E-state index in [9.17, 15) is 13.2 Å². The van der Waals surface area contributed by atoms with Crippen molar-refractivity contribution < 1.29 is 17.9 Å². The molecule has 168 valence electrons. The summed E-state index contributed by atoms with van der Waals surface area (Å²) in [4.78, 5) is 13.2. The first-order valence-corrected chi connectivity index (χ1v) is 12.2. The Balaban J connectivity index is 1.74. The molecule has 0 radical (unpaired) electrons. The van der Waals surface area contributed by atoms with Crippen LogP contribution < -0.4 is 9.04 Å². The first-order chi connectivity index (χ1) is 15.3. The average Bonchev–Trinajstić information content (AvgIpc) is 2.79. The van der Waals surface area contributed by atoms with Gasteiger partial charge in [-0.1, -0.05) is 54.4 Å². The smallest absolute Gasteiger partial charge is 0.270 e. The van der Waals surface area contributed by atoms with Gasteiger partial charge >= 0.3 is 0 Å². The number of amides is 1. The third kappa shape index (κ3) is 5.77.